The Morgan fingerprint density at radius 3 is 2.61 bits per heavy atom. The second kappa shape index (κ2) is 13.6. The minimum absolute atomic E-state index is 0.236. The number of benzene rings is 1. The normalized spacial score (nSPS) is 19.7. The highest BCUT2D eigenvalue weighted by molar-refractivity contribution is 5.79. The summed E-state index contributed by atoms with van der Waals surface area (Å²) in [5.74, 6) is 1.86. The Balaban J connectivity index is 1.61. The van der Waals surface area contributed by atoms with Crippen LogP contribution in [0.3, 0.4) is 0 Å². The third-order valence-corrected chi connectivity index (χ3v) is 6.14. The van der Waals surface area contributed by atoms with Gasteiger partial charge in [-0.2, -0.15) is 0 Å². The highest BCUT2D eigenvalue weighted by Gasteiger charge is 2.24. The van der Waals surface area contributed by atoms with Gasteiger partial charge in [-0.3, -0.25) is 14.8 Å². The molecule has 1 unspecified atom stereocenters. The molecule has 0 bridgehead atoms. The molecule has 7 heteroatoms. The molecule has 0 saturated carbocycles. The maximum absolute atomic E-state index is 5.69. The highest BCUT2D eigenvalue weighted by Crippen LogP contribution is 2.31. The summed E-state index contributed by atoms with van der Waals surface area (Å²) in [6.45, 7) is 11.8. The molecular weight excluding hydrogens is 390 g/mol. The standard InChI is InChI=1S/C24H41N5O2/c1-3-25-24(26-12-9-13-28-16-18-31-19-17-28)27-20-22(29-14-7-4-8-15-29)21-10-5-6-11-23(21)30-2/h5-6,10-11,22H,3-4,7-9,12-20H2,1-2H3,(H2,25,26,27). The van der Waals surface area contributed by atoms with Crippen molar-refractivity contribution in [3.63, 3.8) is 0 Å². The average Bonchev–Trinajstić information content (AvgIpc) is 2.83. The van der Waals surface area contributed by atoms with Crippen molar-refractivity contribution in [1.82, 2.24) is 20.4 Å². The first-order valence-electron chi connectivity index (χ1n) is 12.0. The first-order chi connectivity index (χ1) is 15.3. The van der Waals surface area contributed by atoms with E-state index in [-0.39, 0.29) is 6.04 Å². The van der Waals surface area contributed by atoms with Crippen molar-refractivity contribution in [3.8, 4) is 5.75 Å². The summed E-state index contributed by atoms with van der Waals surface area (Å²) < 4.78 is 11.1. The summed E-state index contributed by atoms with van der Waals surface area (Å²) in [6, 6.07) is 8.63. The van der Waals surface area contributed by atoms with Gasteiger partial charge < -0.3 is 20.1 Å². The number of nitrogens with one attached hydrogen (secondary N) is 2. The molecule has 31 heavy (non-hydrogen) atoms. The predicted molar refractivity (Wildman–Crippen MR) is 127 cm³/mol. The third kappa shape index (κ3) is 7.66. The second-order valence-corrected chi connectivity index (χ2v) is 8.31. The van der Waals surface area contributed by atoms with E-state index >= 15 is 0 Å². The lowest BCUT2D eigenvalue weighted by Crippen LogP contribution is -2.41. The van der Waals surface area contributed by atoms with Crippen LogP contribution in [0.4, 0.5) is 0 Å². The molecule has 1 aromatic carbocycles. The van der Waals surface area contributed by atoms with Crippen LogP contribution in [0.25, 0.3) is 0 Å². The van der Waals surface area contributed by atoms with Crippen LogP contribution >= 0.6 is 0 Å². The largest absolute Gasteiger partial charge is 0.496 e. The maximum Gasteiger partial charge on any atom is 0.191 e. The molecule has 2 aliphatic heterocycles. The minimum Gasteiger partial charge on any atom is -0.496 e. The first kappa shape index (κ1) is 23.8. The van der Waals surface area contributed by atoms with E-state index in [1.54, 1.807) is 7.11 Å². The fourth-order valence-corrected chi connectivity index (χ4v) is 4.44. The van der Waals surface area contributed by atoms with Crippen LogP contribution < -0.4 is 15.4 Å². The average molecular weight is 432 g/mol. The lowest BCUT2D eigenvalue weighted by molar-refractivity contribution is 0.0376. The zero-order valence-corrected chi connectivity index (χ0v) is 19.4. The van der Waals surface area contributed by atoms with Gasteiger partial charge in [0.25, 0.3) is 0 Å². The van der Waals surface area contributed by atoms with Crippen LogP contribution in [-0.4, -0.2) is 88.4 Å². The number of likely N-dealkylation sites (tertiary alicyclic amines) is 1. The molecule has 0 aliphatic carbocycles. The number of rotatable bonds is 10. The molecule has 3 rings (SSSR count). The van der Waals surface area contributed by atoms with Crippen molar-refractivity contribution >= 4 is 5.96 Å². The van der Waals surface area contributed by atoms with Crippen molar-refractivity contribution < 1.29 is 9.47 Å². The van der Waals surface area contributed by atoms with E-state index in [0.717, 1.165) is 83.7 Å². The number of nitrogens with zero attached hydrogens (tertiary/aromatic N) is 3. The molecule has 174 valence electrons. The van der Waals surface area contributed by atoms with Gasteiger partial charge in [0, 0.05) is 31.7 Å². The van der Waals surface area contributed by atoms with Gasteiger partial charge in [-0.25, -0.2) is 0 Å². The van der Waals surface area contributed by atoms with E-state index < -0.39 is 0 Å². The van der Waals surface area contributed by atoms with Gasteiger partial charge in [0.05, 0.1) is 32.9 Å². The Morgan fingerprint density at radius 1 is 1.10 bits per heavy atom. The zero-order chi connectivity index (χ0) is 21.7. The number of morpholine rings is 1. The monoisotopic (exact) mass is 431 g/mol. The van der Waals surface area contributed by atoms with Gasteiger partial charge in [-0.15, -0.1) is 0 Å². The summed E-state index contributed by atoms with van der Waals surface area (Å²) in [5, 5.41) is 6.94. The zero-order valence-electron chi connectivity index (χ0n) is 19.4. The SMILES string of the molecule is CCNC(=NCC(c1ccccc1OC)N1CCCCC1)NCCCN1CCOCC1. The molecule has 2 aliphatic rings. The van der Waals surface area contributed by atoms with E-state index in [1.165, 1.54) is 24.8 Å². The fraction of sp³-hybridized carbons (Fsp3) is 0.708. The molecule has 2 heterocycles. The predicted octanol–water partition coefficient (Wildman–Crippen LogP) is 2.50. The van der Waals surface area contributed by atoms with Crippen LogP contribution in [0.15, 0.2) is 29.3 Å². The van der Waals surface area contributed by atoms with Crippen LogP contribution in [-0.2, 0) is 4.74 Å². The molecule has 2 saturated heterocycles. The molecule has 0 amide bonds. The van der Waals surface area contributed by atoms with E-state index in [0.29, 0.717) is 0 Å². The van der Waals surface area contributed by atoms with Gasteiger partial charge >= 0.3 is 0 Å². The molecule has 1 atom stereocenters. The summed E-state index contributed by atoms with van der Waals surface area (Å²) in [7, 11) is 1.76. The van der Waals surface area contributed by atoms with Gasteiger partial charge in [0.1, 0.15) is 5.75 Å². The van der Waals surface area contributed by atoms with Crippen molar-refractivity contribution in [2.45, 2.75) is 38.6 Å². The van der Waals surface area contributed by atoms with Gasteiger partial charge in [0.2, 0.25) is 0 Å². The first-order valence-corrected chi connectivity index (χ1v) is 12.0. The number of aliphatic imine (C=N–C) groups is 1. The molecule has 2 N–H and O–H groups in total. The molecule has 1 aromatic rings. The van der Waals surface area contributed by atoms with Gasteiger partial charge in [-0.05, 0) is 51.9 Å². The van der Waals surface area contributed by atoms with E-state index in [2.05, 4.69) is 45.6 Å². The van der Waals surface area contributed by atoms with Crippen LogP contribution in [0.2, 0.25) is 0 Å². The Labute approximate surface area is 188 Å². The van der Waals surface area contributed by atoms with Crippen LogP contribution in [0.1, 0.15) is 44.2 Å². The summed E-state index contributed by atoms with van der Waals surface area (Å²) in [4.78, 5) is 10.0. The fourth-order valence-electron chi connectivity index (χ4n) is 4.44. The maximum atomic E-state index is 5.69. The number of guanidine groups is 1. The number of piperidine rings is 1. The summed E-state index contributed by atoms with van der Waals surface area (Å²) in [5.41, 5.74) is 1.24. The smallest absolute Gasteiger partial charge is 0.191 e. The lowest BCUT2D eigenvalue weighted by Gasteiger charge is -2.34. The van der Waals surface area contributed by atoms with Crippen molar-refractivity contribution in [2.75, 3.05) is 72.7 Å². The number of ether oxygens (including phenoxy) is 2. The van der Waals surface area contributed by atoms with Crippen molar-refractivity contribution in [1.29, 1.82) is 0 Å². The number of methoxy groups -OCH3 is 1. The number of hydrogen-bond donors (Lipinski definition) is 2. The highest BCUT2D eigenvalue weighted by atomic mass is 16.5. The summed E-state index contributed by atoms with van der Waals surface area (Å²) >= 11 is 0. The molecule has 0 radical (unpaired) electrons. The van der Waals surface area contributed by atoms with E-state index in [1.807, 2.05) is 6.07 Å². The minimum atomic E-state index is 0.236. The quantitative estimate of drug-likeness (QED) is 0.337. The van der Waals surface area contributed by atoms with Crippen molar-refractivity contribution in [2.24, 2.45) is 4.99 Å². The van der Waals surface area contributed by atoms with Gasteiger partial charge in [-0.1, -0.05) is 24.6 Å². The number of para-hydroxylation sites is 1. The number of hydrogen-bond acceptors (Lipinski definition) is 5. The molecular formula is C24H41N5O2. The van der Waals surface area contributed by atoms with E-state index in [4.69, 9.17) is 14.5 Å². The summed E-state index contributed by atoms with van der Waals surface area (Å²) in [6.07, 6.45) is 4.95. The van der Waals surface area contributed by atoms with Crippen LogP contribution in [0.5, 0.6) is 5.75 Å². The molecule has 2 fully saturated rings. The molecule has 0 aromatic heterocycles. The Hall–Kier alpha value is -1.83. The Kier molecular flexibility index (Phi) is 10.4. The van der Waals surface area contributed by atoms with Crippen molar-refractivity contribution in [3.05, 3.63) is 29.8 Å². The van der Waals surface area contributed by atoms with Crippen LogP contribution in [0, 0.1) is 0 Å². The van der Waals surface area contributed by atoms with Gasteiger partial charge in [0.15, 0.2) is 5.96 Å². The Bertz CT molecular complexity index is 657. The second-order valence-electron chi connectivity index (χ2n) is 8.31. The Morgan fingerprint density at radius 2 is 1.87 bits per heavy atom. The molecule has 0 spiro atoms. The lowest BCUT2D eigenvalue weighted by atomic mass is 10.0. The van der Waals surface area contributed by atoms with E-state index in [9.17, 15) is 0 Å². The molecule has 7 nitrogen and oxygen atoms in total. The topological polar surface area (TPSA) is 61.4 Å². The third-order valence-electron chi connectivity index (χ3n) is 6.14.